The number of hydrogen-bond donors (Lipinski definition) is 1. The van der Waals surface area contributed by atoms with Crippen LogP contribution in [-0.2, 0) is 4.74 Å². The highest BCUT2D eigenvalue weighted by Crippen LogP contribution is 1.78. The lowest BCUT2D eigenvalue weighted by Crippen LogP contribution is -2.19. The first-order valence-electron chi connectivity index (χ1n) is 2.21. The summed E-state index contributed by atoms with van der Waals surface area (Å²) in [5.74, 6) is 0.341. The molecule has 3 nitrogen and oxygen atoms in total. The van der Waals surface area contributed by atoms with Gasteiger partial charge in [0.2, 0.25) is 0 Å². The third-order valence-electron chi connectivity index (χ3n) is 0.514. The zero-order valence-electron chi connectivity index (χ0n) is 4.61. The van der Waals surface area contributed by atoms with Gasteiger partial charge in [0, 0.05) is 7.05 Å². The van der Waals surface area contributed by atoms with E-state index in [-0.39, 0.29) is 6.61 Å². The van der Waals surface area contributed by atoms with Gasteiger partial charge < -0.3 is 10.1 Å². The van der Waals surface area contributed by atoms with Crippen LogP contribution in [0, 0.1) is 0 Å². The molecule has 0 atom stereocenters. The van der Waals surface area contributed by atoms with Crippen LogP contribution in [0.2, 0.25) is 0 Å². The van der Waals surface area contributed by atoms with Crippen molar-refractivity contribution in [2.24, 2.45) is 0 Å². The van der Waals surface area contributed by atoms with E-state index in [2.05, 4.69) is 10.1 Å². The second-order valence-corrected chi connectivity index (χ2v) is 1.45. The van der Waals surface area contributed by atoms with E-state index >= 15 is 0 Å². The molecule has 0 aromatic rings. The number of alkyl carbamates (subject to hydrolysis) is 1. The van der Waals surface area contributed by atoms with Crippen LogP contribution in [0.4, 0.5) is 4.79 Å². The van der Waals surface area contributed by atoms with Gasteiger partial charge in [-0.05, 0) is 0 Å². The molecule has 4 heteroatoms. The van der Waals surface area contributed by atoms with E-state index < -0.39 is 6.09 Å². The van der Waals surface area contributed by atoms with Gasteiger partial charge in [-0.1, -0.05) is 0 Å². The van der Waals surface area contributed by atoms with Crippen LogP contribution in [-0.4, -0.2) is 25.6 Å². The van der Waals surface area contributed by atoms with E-state index in [9.17, 15) is 4.79 Å². The number of ether oxygens (including phenoxy) is 1. The van der Waals surface area contributed by atoms with Gasteiger partial charge in [-0.3, -0.25) is 0 Å². The summed E-state index contributed by atoms with van der Waals surface area (Å²) in [5.41, 5.74) is 0. The zero-order valence-corrected chi connectivity index (χ0v) is 5.36. The predicted molar refractivity (Wildman–Crippen MR) is 31.1 cm³/mol. The lowest BCUT2D eigenvalue weighted by Gasteiger charge is -1.97. The van der Waals surface area contributed by atoms with Crippen molar-refractivity contribution in [3.63, 3.8) is 0 Å². The first-order chi connectivity index (χ1) is 3.81. The van der Waals surface area contributed by atoms with Crippen molar-refractivity contribution in [2.75, 3.05) is 19.5 Å². The number of nitrogens with one attached hydrogen (secondary N) is 1. The summed E-state index contributed by atoms with van der Waals surface area (Å²) in [6, 6.07) is 0. The number of rotatable bonds is 2. The molecule has 0 aromatic heterocycles. The highest BCUT2D eigenvalue weighted by atomic mass is 35.5. The van der Waals surface area contributed by atoms with Crippen molar-refractivity contribution in [1.29, 1.82) is 0 Å². The molecule has 0 radical (unpaired) electrons. The molecule has 0 heterocycles. The molecule has 0 aliphatic heterocycles. The van der Waals surface area contributed by atoms with Gasteiger partial charge in [-0.15, -0.1) is 11.6 Å². The average Bonchev–Trinajstić information content (AvgIpc) is 1.83. The van der Waals surface area contributed by atoms with Crippen molar-refractivity contribution in [3.8, 4) is 0 Å². The Kier molecular flexibility index (Phi) is 4.45. The van der Waals surface area contributed by atoms with Crippen molar-refractivity contribution in [3.05, 3.63) is 0 Å². The number of hydrogen-bond acceptors (Lipinski definition) is 2. The highest BCUT2D eigenvalue weighted by molar-refractivity contribution is 6.18. The molecule has 48 valence electrons. The minimum Gasteiger partial charge on any atom is -0.448 e. The van der Waals surface area contributed by atoms with E-state index in [0.29, 0.717) is 5.88 Å². The Balaban J connectivity index is 2.99. The van der Waals surface area contributed by atoms with Gasteiger partial charge in [0.25, 0.3) is 0 Å². The van der Waals surface area contributed by atoms with Crippen LogP contribution in [0.25, 0.3) is 0 Å². The van der Waals surface area contributed by atoms with Gasteiger partial charge in [0.05, 0.1) is 5.88 Å². The molecule has 0 rings (SSSR count). The Labute approximate surface area is 53.0 Å². The summed E-state index contributed by atoms with van der Waals surface area (Å²) in [5, 5.41) is 2.28. The van der Waals surface area contributed by atoms with E-state index in [1.807, 2.05) is 0 Å². The standard InChI is InChI=1S/C4H8ClNO2/c1-6-4(7)8-3-2-5/h2-3H2,1H3,(H,6,7). The van der Waals surface area contributed by atoms with E-state index in [4.69, 9.17) is 11.6 Å². The van der Waals surface area contributed by atoms with Crippen LogP contribution < -0.4 is 5.32 Å². The summed E-state index contributed by atoms with van der Waals surface area (Å²) in [7, 11) is 1.50. The SMILES string of the molecule is CNC(=O)OCCCl. The lowest BCUT2D eigenvalue weighted by atomic mass is 10.8. The van der Waals surface area contributed by atoms with Gasteiger partial charge in [-0.25, -0.2) is 4.79 Å². The Morgan fingerprint density at radius 3 is 2.88 bits per heavy atom. The number of alkyl halides is 1. The second-order valence-electron chi connectivity index (χ2n) is 1.07. The molecular weight excluding hydrogens is 130 g/mol. The van der Waals surface area contributed by atoms with E-state index in [1.54, 1.807) is 0 Å². The predicted octanol–water partition coefficient (Wildman–Crippen LogP) is 0.581. The van der Waals surface area contributed by atoms with Crippen molar-refractivity contribution >= 4 is 17.7 Å². The summed E-state index contributed by atoms with van der Waals surface area (Å²) in [6.07, 6.45) is -0.439. The van der Waals surface area contributed by atoms with Crippen LogP contribution in [0.15, 0.2) is 0 Å². The number of carbonyl (C=O) groups is 1. The van der Waals surface area contributed by atoms with E-state index in [1.165, 1.54) is 7.05 Å². The average molecular weight is 138 g/mol. The fourth-order valence-electron chi connectivity index (χ4n) is 0.203. The van der Waals surface area contributed by atoms with Crippen molar-refractivity contribution < 1.29 is 9.53 Å². The maximum absolute atomic E-state index is 10.2. The first-order valence-corrected chi connectivity index (χ1v) is 2.75. The van der Waals surface area contributed by atoms with Crippen LogP contribution in [0.3, 0.4) is 0 Å². The maximum Gasteiger partial charge on any atom is 0.406 e. The Bertz CT molecular complexity index is 76.4. The maximum atomic E-state index is 10.2. The molecule has 0 bridgehead atoms. The monoisotopic (exact) mass is 137 g/mol. The molecule has 0 spiro atoms. The third kappa shape index (κ3) is 3.74. The first kappa shape index (κ1) is 7.56. The van der Waals surface area contributed by atoms with Gasteiger partial charge in [0.15, 0.2) is 0 Å². The molecule has 1 N–H and O–H groups in total. The van der Waals surface area contributed by atoms with Crippen LogP contribution in [0.1, 0.15) is 0 Å². The number of carbonyl (C=O) groups excluding carboxylic acids is 1. The van der Waals surface area contributed by atoms with Gasteiger partial charge in [0.1, 0.15) is 6.61 Å². The number of halogens is 1. The Hall–Kier alpha value is -0.440. The molecule has 0 aliphatic rings. The Morgan fingerprint density at radius 1 is 1.88 bits per heavy atom. The molecular formula is C4H8ClNO2. The van der Waals surface area contributed by atoms with E-state index in [0.717, 1.165) is 0 Å². The van der Waals surface area contributed by atoms with Crippen molar-refractivity contribution in [1.82, 2.24) is 5.32 Å². The molecule has 0 aromatic carbocycles. The molecule has 0 saturated carbocycles. The molecule has 0 fully saturated rings. The summed E-state index contributed by atoms with van der Waals surface area (Å²) < 4.78 is 4.46. The molecule has 0 aliphatic carbocycles. The van der Waals surface area contributed by atoms with Gasteiger partial charge >= 0.3 is 6.09 Å². The highest BCUT2D eigenvalue weighted by Gasteiger charge is 1.92. The third-order valence-corrected chi connectivity index (χ3v) is 0.669. The van der Waals surface area contributed by atoms with Crippen LogP contribution in [0.5, 0.6) is 0 Å². The Morgan fingerprint density at radius 2 is 2.50 bits per heavy atom. The minimum absolute atomic E-state index is 0.265. The summed E-state index contributed by atoms with van der Waals surface area (Å²) in [4.78, 5) is 10.2. The molecule has 0 unspecified atom stereocenters. The summed E-state index contributed by atoms with van der Waals surface area (Å²) >= 11 is 5.20. The van der Waals surface area contributed by atoms with Crippen LogP contribution >= 0.6 is 11.6 Å². The lowest BCUT2D eigenvalue weighted by molar-refractivity contribution is 0.155. The largest absolute Gasteiger partial charge is 0.448 e. The quantitative estimate of drug-likeness (QED) is 0.566. The van der Waals surface area contributed by atoms with Crippen molar-refractivity contribution in [2.45, 2.75) is 0 Å². The fourth-order valence-corrected chi connectivity index (χ4v) is 0.281. The topological polar surface area (TPSA) is 38.3 Å². The van der Waals surface area contributed by atoms with Gasteiger partial charge in [-0.2, -0.15) is 0 Å². The molecule has 0 saturated heterocycles. The smallest absolute Gasteiger partial charge is 0.406 e. The second kappa shape index (κ2) is 4.71. The fraction of sp³-hybridized carbons (Fsp3) is 0.750. The summed E-state index contributed by atoms with van der Waals surface area (Å²) in [6.45, 7) is 0.265. The minimum atomic E-state index is -0.439. The number of amides is 1. The normalized spacial score (nSPS) is 8.25. The molecule has 8 heavy (non-hydrogen) atoms. The molecule has 1 amide bonds. The zero-order chi connectivity index (χ0) is 6.41.